The summed E-state index contributed by atoms with van der Waals surface area (Å²) in [7, 11) is 0. The number of amides is 4. The Morgan fingerprint density at radius 3 is 2.45 bits per heavy atom. The molecular formula is C14H17N3O3. The average molecular weight is 275 g/mol. The van der Waals surface area contributed by atoms with Crippen molar-refractivity contribution in [2.75, 3.05) is 0 Å². The third-order valence-electron chi connectivity index (χ3n) is 3.43. The lowest BCUT2D eigenvalue weighted by Crippen LogP contribution is -2.61. The van der Waals surface area contributed by atoms with Gasteiger partial charge in [0, 0.05) is 6.92 Å². The fraction of sp³-hybridized carbons (Fsp3) is 0.357. The van der Waals surface area contributed by atoms with Crippen LogP contribution in [-0.2, 0) is 16.0 Å². The number of nitrogens with one attached hydrogen (secondary N) is 3. The second-order valence-corrected chi connectivity index (χ2v) is 5.05. The normalized spacial score (nSPS) is 22.9. The number of benzene rings is 1. The number of carbonyl (C=O) groups is 3. The van der Waals surface area contributed by atoms with Crippen LogP contribution in [0, 0.1) is 0 Å². The molecule has 6 nitrogen and oxygen atoms in total. The van der Waals surface area contributed by atoms with Gasteiger partial charge in [0.15, 0.2) is 0 Å². The second-order valence-electron chi connectivity index (χ2n) is 5.05. The largest absolute Gasteiger partial charge is 0.350 e. The highest BCUT2D eigenvalue weighted by atomic mass is 16.2. The molecule has 0 bridgehead atoms. The van der Waals surface area contributed by atoms with Crippen molar-refractivity contribution >= 4 is 17.8 Å². The smallest absolute Gasteiger partial charge is 0.322 e. The number of urea groups is 1. The molecule has 4 amide bonds. The second kappa shape index (κ2) is 5.32. The van der Waals surface area contributed by atoms with Crippen LogP contribution in [0.5, 0.6) is 0 Å². The molecule has 0 radical (unpaired) electrons. The zero-order valence-electron chi connectivity index (χ0n) is 11.4. The van der Waals surface area contributed by atoms with Crippen LogP contribution in [0.25, 0.3) is 0 Å². The summed E-state index contributed by atoms with van der Waals surface area (Å²) in [6.45, 7) is 2.99. The lowest BCUT2D eigenvalue weighted by molar-refractivity contribution is -0.125. The Bertz CT molecular complexity index is 544. The summed E-state index contributed by atoms with van der Waals surface area (Å²) in [4.78, 5) is 34.7. The van der Waals surface area contributed by atoms with E-state index in [0.29, 0.717) is 6.42 Å². The maximum Gasteiger partial charge on any atom is 0.322 e. The lowest BCUT2D eigenvalue weighted by atomic mass is 9.87. The summed E-state index contributed by atoms with van der Waals surface area (Å²) in [6, 6.07) is 8.42. The van der Waals surface area contributed by atoms with E-state index in [4.69, 9.17) is 0 Å². The van der Waals surface area contributed by atoms with E-state index < -0.39 is 23.5 Å². The quantitative estimate of drug-likeness (QED) is 0.692. The van der Waals surface area contributed by atoms with Gasteiger partial charge in [-0.3, -0.25) is 14.9 Å². The molecule has 0 saturated carbocycles. The highest BCUT2D eigenvalue weighted by molar-refractivity contribution is 6.07. The molecule has 2 atom stereocenters. The summed E-state index contributed by atoms with van der Waals surface area (Å²) in [5.74, 6) is -0.682. The first-order valence-corrected chi connectivity index (χ1v) is 6.36. The Balaban J connectivity index is 2.26. The molecule has 0 spiro atoms. The molecule has 0 aromatic heterocycles. The molecule has 1 fully saturated rings. The molecule has 1 heterocycles. The van der Waals surface area contributed by atoms with E-state index in [-0.39, 0.29) is 5.91 Å². The van der Waals surface area contributed by atoms with Gasteiger partial charge < -0.3 is 10.6 Å². The van der Waals surface area contributed by atoms with Crippen molar-refractivity contribution in [2.45, 2.75) is 31.8 Å². The standard InChI is InChI=1S/C14H17N3O3/c1-9(18)15-11(8-10-6-4-3-5-7-10)14(2)12(19)16-13(20)17-14/h3-7,11H,8H2,1-2H3,(H,15,18)(H2,16,17,19,20). The van der Waals surface area contributed by atoms with Crippen LogP contribution in [0.3, 0.4) is 0 Å². The van der Waals surface area contributed by atoms with Crippen LogP contribution >= 0.6 is 0 Å². The van der Waals surface area contributed by atoms with Gasteiger partial charge >= 0.3 is 6.03 Å². The first-order valence-electron chi connectivity index (χ1n) is 6.36. The van der Waals surface area contributed by atoms with E-state index in [2.05, 4.69) is 16.0 Å². The topological polar surface area (TPSA) is 87.3 Å². The number of hydrogen-bond acceptors (Lipinski definition) is 3. The molecule has 2 unspecified atom stereocenters. The average Bonchev–Trinajstić information content (AvgIpc) is 2.64. The van der Waals surface area contributed by atoms with Gasteiger partial charge in [0.1, 0.15) is 5.54 Å². The summed E-state index contributed by atoms with van der Waals surface area (Å²) >= 11 is 0. The maximum atomic E-state index is 12.0. The molecule has 2 rings (SSSR count). The minimum atomic E-state index is -1.15. The zero-order chi connectivity index (χ0) is 14.8. The van der Waals surface area contributed by atoms with Crippen molar-refractivity contribution < 1.29 is 14.4 Å². The SMILES string of the molecule is CC(=O)NC(Cc1ccccc1)C1(C)NC(=O)NC1=O. The summed E-state index contributed by atoms with van der Waals surface area (Å²) in [5.41, 5.74) is -0.181. The number of imide groups is 1. The van der Waals surface area contributed by atoms with Gasteiger partial charge in [-0.25, -0.2) is 4.79 Å². The molecule has 0 aliphatic carbocycles. The van der Waals surface area contributed by atoms with Crippen molar-refractivity contribution in [1.82, 2.24) is 16.0 Å². The zero-order valence-corrected chi connectivity index (χ0v) is 11.4. The molecule has 1 aromatic carbocycles. The molecule has 20 heavy (non-hydrogen) atoms. The van der Waals surface area contributed by atoms with E-state index >= 15 is 0 Å². The first-order chi connectivity index (χ1) is 9.41. The van der Waals surface area contributed by atoms with E-state index in [1.165, 1.54) is 6.92 Å². The molecule has 1 saturated heterocycles. The maximum absolute atomic E-state index is 12.0. The van der Waals surface area contributed by atoms with Crippen molar-refractivity contribution in [3.8, 4) is 0 Å². The Kier molecular flexibility index (Phi) is 3.74. The number of carbonyl (C=O) groups excluding carboxylic acids is 3. The minimum Gasteiger partial charge on any atom is -0.350 e. The number of rotatable bonds is 4. The van der Waals surface area contributed by atoms with Gasteiger partial charge in [-0.1, -0.05) is 30.3 Å². The third kappa shape index (κ3) is 2.79. The Morgan fingerprint density at radius 2 is 1.95 bits per heavy atom. The first kappa shape index (κ1) is 14.0. The third-order valence-corrected chi connectivity index (χ3v) is 3.43. The predicted octanol–water partition coefficient (Wildman–Crippen LogP) is 0.332. The molecule has 1 aliphatic rings. The monoisotopic (exact) mass is 275 g/mol. The Hall–Kier alpha value is -2.37. The van der Waals surface area contributed by atoms with Crippen molar-refractivity contribution in [2.24, 2.45) is 0 Å². The summed E-state index contributed by atoms with van der Waals surface area (Å²) < 4.78 is 0. The summed E-state index contributed by atoms with van der Waals surface area (Å²) in [5, 5.41) is 7.55. The van der Waals surface area contributed by atoms with Crippen LogP contribution in [0.2, 0.25) is 0 Å². The van der Waals surface area contributed by atoms with Gasteiger partial charge in [0.2, 0.25) is 5.91 Å². The summed E-state index contributed by atoms with van der Waals surface area (Å²) in [6.07, 6.45) is 0.449. The van der Waals surface area contributed by atoms with Crippen LogP contribution in [-0.4, -0.2) is 29.4 Å². The van der Waals surface area contributed by atoms with Crippen LogP contribution in [0.4, 0.5) is 4.79 Å². The van der Waals surface area contributed by atoms with Gasteiger partial charge in [-0.15, -0.1) is 0 Å². The van der Waals surface area contributed by atoms with E-state index in [1.807, 2.05) is 30.3 Å². The van der Waals surface area contributed by atoms with Crippen molar-refractivity contribution in [1.29, 1.82) is 0 Å². The Morgan fingerprint density at radius 1 is 1.30 bits per heavy atom. The fourth-order valence-electron chi connectivity index (χ4n) is 2.30. The number of hydrogen-bond donors (Lipinski definition) is 3. The van der Waals surface area contributed by atoms with Crippen LogP contribution in [0.15, 0.2) is 30.3 Å². The van der Waals surface area contributed by atoms with Crippen LogP contribution < -0.4 is 16.0 Å². The molecule has 1 aliphatic heterocycles. The highest BCUT2D eigenvalue weighted by Gasteiger charge is 2.48. The van der Waals surface area contributed by atoms with Crippen molar-refractivity contribution in [3.05, 3.63) is 35.9 Å². The fourth-order valence-corrected chi connectivity index (χ4v) is 2.30. The van der Waals surface area contributed by atoms with E-state index in [9.17, 15) is 14.4 Å². The highest BCUT2D eigenvalue weighted by Crippen LogP contribution is 2.19. The lowest BCUT2D eigenvalue weighted by Gasteiger charge is -2.31. The van der Waals surface area contributed by atoms with Gasteiger partial charge in [-0.05, 0) is 18.9 Å². The molecule has 106 valence electrons. The molecule has 3 N–H and O–H groups in total. The molecule has 1 aromatic rings. The Labute approximate surface area is 116 Å². The molecular weight excluding hydrogens is 258 g/mol. The van der Waals surface area contributed by atoms with Crippen molar-refractivity contribution in [3.63, 3.8) is 0 Å². The van der Waals surface area contributed by atoms with E-state index in [1.54, 1.807) is 6.92 Å². The predicted molar refractivity (Wildman–Crippen MR) is 72.8 cm³/mol. The van der Waals surface area contributed by atoms with Gasteiger partial charge in [-0.2, -0.15) is 0 Å². The molecule has 6 heteroatoms. The van der Waals surface area contributed by atoms with Gasteiger partial charge in [0.25, 0.3) is 5.91 Å². The minimum absolute atomic E-state index is 0.249. The van der Waals surface area contributed by atoms with Crippen LogP contribution in [0.1, 0.15) is 19.4 Å². The van der Waals surface area contributed by atoms with Gasteiger partial charge in [0.05, 0.1) is 6.04 Å². The van der Waals surface area contributed by atoms with E-state index in [0.717, 1.165) is 5.56 Å².